The fourth-order valence-electron chi connectivity index (χ4n) is 2.37. The van der Waals surface area contributed by atoms with Crippen LogP contribution in [-0.2, 0) is 6.42 Å². The van der Waals surface area contributed by atoms with Crippen LogP contribution in [0.5, 0.6) is 0 Å². The number of anilines is 1. The van der Waals surface area contributed by atoms with E-state index < -0.39 is 0 Å². The first-order valence-electron chi connectivity index (χ1n) is 7.81. The number of hydrogen-bond donors (Lipinski definition) is 3. The maximum absolute atomic E-state index is 9.10. The Balaban J connectivity index is 2.53. The van der Waals surface area contributed by atoms with Gasteiger partial charge in [0.1, 0.15) is 0 Å². The topological polar surface area (TPSA) is 70.6 Å². The van der Waals surface area contributed by atoms with Crippen molar-refractivity contribution in [2.24, 2.45) is 22.6 Å². The number of hydrogen-bond acceptors (Lipinski definition) is 2. The molecule has 4 nitrogen and oxygen atoms in total. The van der Waals surface area contributed by atoms with Crippen LogP contribution < -0.4 is 11.1 Å². The van der Waals surface area contributed by atoms with Crippen molar-refractivity contribution in [3.05, 3.63) is 29.8 Å². The number of aliphatic imine (C=N–C) groups is 1. The molecule has 1 aromatic rings. The molecule has 0 bridgehead atoms. The monoisotopic (exact) mass is 291 g/mol. The second kappa shape index (κ2) is 9.40. The van der Waals surface area contributed by atoms with Gasteiger partial charge in [0.25, 0.3) is 0 Å². The normalized spacial score (nSPS) is 13.5. The van der Waals surface area contributed by atoms with Crippen molar-refractivity contribution in [2.75, 3.05) is 18.5 Å². The standard InChI is InChI=1S/C17H29N3O/c1-4-14-5-7-16(8-6-14)20-17(18)19-12-15(9-10-21)11-13(2)3/h5-8,13,15,21H,4,9-12H2,1-3H3,(H3,18,19,20). The lowest BCUT2D eigenvalue weighted by molar-refractivity contribution is 0.246. The molecule has 4 heteroatoms. The van der Waals surface area contributed by atoms with Crippen molar-refractivity contribution in [1.82, 2.24) is 0 Å². The van der Waals surface area contributed by atoms with Gasteiger partial charge in [-0.25, -0.2) is 0 Å². The lowest BCUT2D eigenvalue weighted by atomic mass is 9.94. The van der Waals surface area contributed by atoms with E-state index in [9.17, 15) is 0 Å². The molecule has 1 atom stereocenters. The van der Waals surface area contributed by atoms with Crippen LogP contribution >= 0.6 is 0 Å². The molecule has 0 radical (unpaired) electrons. The predicted octanol–water partition coefficient (Wildman–Crippen LogP) is 3.02. The van der Waals surface area contributed by atoms with E-state index in [1.807, 2.05) is 12.1 Å². The molecule has 0 aliphatic rings. The molecule has 4 N–H and O–H groups in total. The molecule has 0 saturated carbocycles. The van der Waals surface area contributed by atoms with E-state index in [4.69, 9.17) is 10.8 Å². The van der Waals surface area contributed by atoms with Gasteiger partial charge in [0, 0.05) is 18.8 Å². The van der Waals surface area contributed by atoms with E-state index in [1.54, 1.807) is 0 Å². The number of aliphatic hydroxyl groups excluding tert-OH is 1. The summed E-state index contributed by atoms with van der Waals surface area (Å²) in [6, 6.07) is 8.20. The van der Waals surface area contributed by atoms with Gasteiger partial charge < -0.3 is 16.2 Å². The summed E-state index contributed by atoms with van der Waals surface area (Å²) in [4.78, 5) is 4.41. The van der Waals surface area contributed by atoms with Crippen LogP contribution in [0.3, 0.4) is 0 Å². The molecule has 118 valence electrons. The number of aliphatic hydroxyl groups is 1. The largest absolute Gasteiger partial charge is 0.396 e. The van der Waals surface area contributed by atoms with Crippen LogP contribution in [0.1, 0.15) is 39.2 Å². The predicted molar refractivity (Wildman–Crippen MR) is 90.6 cm³/mol. The fraction of sp³-hybridized carbons (Fsp3) is 0.588. The van der Waals surface area contributed by atoms with Gasteiger partial charge in [0.05, 0.1) is 0 Å². The van der Waals surface area contributed by atoms with Gasteiger partial charge >= 0.3 is 0 Å². The van der Waals surface area contributed by atoms with Crippen molar-refractivity contribution >= 4 is 11.6 Å². The Morgan fingerprint density at radius 3 is 2.48 bits per heavy atom. The second-order valence-corrected chi connectivity index (χ2v) is 5.91. The first kappa shape index (κ1) is 17.5. The zero-order valence-electron chi connectivity index (χ0n) is 13.5. The lowest BCUT2D eigenvalue weighted by Crippen LogP contribution is -2.24. The molecule has 1 rings (SSSR count). The third-order valence-corrected chi connectivity index (χ3v) is 3.50. The molecule has 0 aromatic heterocycles. The van der Waals surface area contributed by atoms with E-state index in [0.717, 1.165) is 24.9 Å². The summed E-state index contributed by atoms with van der Waals surface area (Å²) in [6.07, 6.45) is 2.87. The highest BCUT2D eigenvalue weighted by molar-refractivity contribution is 5.92. The number of rotatable bonds is 8. The van der Waals surface area contributed by atoms with Gasteiger partial charge in [-0.2, -0.15) is 0 Å². The Kier molecular flexibility index (Phi) is 7.83. The zero-order valence-corrected chi connectivity index (χ0v) is 13.5. The van der Waals surface area contributed by atoms with Crippen LogP contribution in [0.15, 0.2) is 29.3 Å². The van der Waals surface area contributed by atoms with E-state index in [-0.39, 0.29) is 6.61 Å². The van der Waals surface area contributed by atoms with Crippen LogP contribution in [0.2, 0.25) is 0 Å². The maximum Gasteiger partial charge on any atom is 0.193 e. The fourth-order valence-corrected chi connectivity index (χ4v) is 2.37. The molecule has 0 spiro atoms. The molecule has 21 heavy (non-hydrogen) atoms. The van der Waals surface area contributed by atoms with Crippen molar-refractivity contribution in [3.8, 4) is 0 Å². The van der Waals surface area contributed by atoms with E-state index in [1.165, 1.54) is 5.56 Å². The van der Waals surface area contributed by atoms with Gasteiger partial charge in [-0.05, 0) is 48.8 Å². The summed E-state index contributed by atoms with van der Waals surface area (Å²) in [5.74, 6) is 1.43. The van der Waals surface area contributed by atoms with Crippen LogP contribution in [0.4, 0.5) is 5.69 Å². The summed E-state index contributed by atoms with van der Waals surface area (Å²) in [5, 5.41) is 12.2. The number of nitrogens with one attached hydrogen (secondary N) is 1. The first-order chi connectivity index (χ1) is 10.0. The second-order valence-electron chi connectivity index (χ2n) is 5.91. The SMILES string of the molecule is CCc1ccc(NC(N)=NCC(CCO)CC(C)C)cc1. The Morgan fingerprint density at radius 2 is 1.95 bits per heavy atom. The maximum atomic E-state index is 9.10. The number of nitrogens with two attached hydrogens (primary N) is 1. The molecule has 0 aliphatic heterocycles. The third kappa shape index (κ3) is 7.14. The number of guanidine groups is 1. The summed E-state index contributed by atoms with van der Waals surface area (Å²) in [6.45, 7) is 7.37. The highest BCUT2D eigenvalue weighted by Crippen LogP contribution is 2.15. The minimum Gasteiger partial charge on any atom is -0.396 e. The molecule has 0 fully saturated rings. The molecule has 1 aromatic carbocycles. The lowest BCUT2D eigenvalue weighted by Gasteiger charge is -2.16. The van der Waals surface area contributed by atoms with Gasteiger partial charge in [-0.3, -0.25) is 4.99 Å². The van der Waals surface area contributed by atoms with Gasteiger partial charge in [-0.15, -0.1) is 0 Å². The summed E-state index contributed by atoms with van der Waals surface area (Å²) in [5.41, 5.74) is 8.18. The average molecular weight is 291 g/mol. The minimum absolute atomic E-state index is 0.207. The van der Waals surface area contributed by atoms with E-state index in [2.05, 4.69) is 43.2 Å². The number of nitrogens with zero attached hydrogens (tertiary/aromatic N) is 1. The molecule has 0 aliphatic carbocycles. The number of benzene rings is 1. The molecule has 0 saturated heterocycles. The average Bonchev–Trinajstić information content (AvgIpc) is 2.45. The summed E-state index contributed by atoms with van der Waals surface area (Å²) >= 11 is 0. The molecule has 1 unspecified atom stereocenters. The first-order valence-corrected chi connectivity index (χ1v) is 7.81. The summed E-state index contributed by atoms with van der Waals surface area (Å²) in [7, 11) is 0. The van der Waals surface area contributed by atoms with Crippen LogP contribution in [0, 0.1) is 11.8 Å². The molecular formula is C17H29N3O. The van der Waals surface area contributed by atoms with E-state index >= 15 is 0 Å². The van der Waals surface area contributed by atoms with Crippen molar-refractivity contribution in [1.29, 1.82) is 0 Å². The summed E-state index contributed by atoms with van der Waals surface area (Å²) < 4.78 is 0. The van der Waals surface area contributed by atoms with Gasteiger partial charge in [0.15, 0.2) is 5.96 Å². The van der Waals surface area contributed by atoms with Crippen molar-refractivity contribution in [2.45, 2.75) is 40.0 Å². The zero-order chi connectivity index (χ0) is 15.7. The smallest absolute Gasteiger partial charge is 0.193 e. The molecule has 0 amide bonds. The third-order valence-electron chi connectivity index (χ3n) is 3.50. The van der Waals surface area contributed by atoms with Crippen LogP contribution in [0.25, 0.3) is 0 Å². The van der Waals surface area contributed by atoms with Crippen LogP contribution in [-0.4, -0.2) is 24.2 Å². The van der Waals surface area contributed by atoms with E-state index in [0.29, 0.717) is 24.3 Å². The Morgan fingerprint density at radius 1 is 1.29 bits per heavy atom. The van der Waals surface area contributed by atoms with Gasteiger partial charge in [-0.1, -0.05) is 32.9 Å². The minimum atomic E-state index is 0.207. The quantitative estimate of drug-likeness (QED) is 0.509. The highest BCUT2D eigenvalue weighted by atomic mass is 16.3. The Hall–Kier alpha value is -1.55. The highest BCUT2D eigenvalue weighted by Gasteiger charge is 2.10. The molecule has 0 heterocycles. The number of aryl methyl sites for hydroxylation is 1. The van der Waals surface area contributed by atoms with Crippen molar-refractivity contribution < 1.29 is 5.11 Å². The van der Waals surface area contributed by atoms with Crippen molar-refractivity contribution in [3.63, 3.8) is 0 Å². The Bertz CT molecular complexity index is 426. The molecular weight excluding hydrogens is 262 g/mol. The Labute approximate surface area is 128 Å². The van der Waals surface area contributed by atoms with Gasteiger partial charge in [0.2, 0.25) is 0 Å².